The molecule has 1 aromatic heterocycles. The summed E-state index contributed by atoms with van der Waals surface area (Å²) in [4.78, 5) is 2.90. The minimum Gasteiger partial charge on any atom is -0.309 e. The van der Waals surface area contributed by atoms with Crippen LogP contribution in [0.1, 0.15) is 56.2 Å². The minimum atomic E-state index is 0.496. The minimum absolute atomic E-state index is 0.496. The van der Waals surface area contributed by atoms with Gasteiger partial charge in [-0.25, -0.2) is 0 Å². The first-order chi connectivity index (χ1) is 8.45. The highest BCUT2D eigenvalue weighted by Gasteiger charge is 2.29. The van der Waals surface area contributed by atoms with E-state index in [0.717, 1.165) is 18.5 Å². The summed E-state index contributed by atoms with van der Waals surface area (Å²) in [5, 5.41) is 3.73. The normalized spacial score (nSPS) is 25.3. The molecule has 0 unspecified atom stereocenters. The number of nitrogens with one attached hydrogen (secondary N) is 1. The molecule has 102 valence electrons. The number of thiophene rings is 1. The largest absolute Gasteiger partial charge is 0.309 e. The maximum absolute atomic E-state index is 3.73. The third-order valence-electron chi connectivity index (χ3n) is 4.31. The molecule has 0 radical (unpaired) electrons. The summed E-state index contributed by atoms with van der Waals surface area (Å²) < 4.78 is 0. The van der Waals surface area contributed by atoms with Crippen LogP contribution < -0.4 is 5.32 Å². The second-order valence-electron chi connectivity index (χ2n) is 6.81. The van der Waals surface area contributed by atoms with Crippen LogP contribution in [0.15, 0.2) is 12.1 Å². The van der Waals surface area contributed by atoms with E-state index in [1.54, 1.807) is 0 Å². The topological polar surface area (TPSA) is 12.0 Å². The third kappa shape index (κ3) is 3.83. The molecule has 2 rings (SSSR count). The van der Waals surface area contributed by atoms with Crippen molar-refractivity contribution >= 4 is 11.3 Å². The molecule has 0 aromatic carbocycles. The highest BCUT2D eigenvalue weighted by Crippen LogP contribution is 2.37. The molecular weight excluding hydrogens is 238 g/mol. The molecule has 2 heteroatoms. The molecular formula is C16H27NS. The maximum atomic E-state index is 3.73. The van der Waals surface area contributed by atoms with Gasteiger partial charge in [-0.3, -0.25) is 0 Å². The van der Waals surface area contributed by atoms with Gasteiger partial charge in [-0.05, 0) is 56.1 Å². The molecule has 0 bridgehead atoms. The lowest BCUT2D eigenvalue weighted by Crippen LogP contribution is -2.35. The fraction of sp³-hybridized carbons (Fsp3) is 0.750. The average Bonchev–Trinajstić information content (AvgIpc) is 2.72. The Balaban J connectivity index is 1.74. The Morgan fingerprint density at radius 1 is 1.17 bits per heavy atom. The Kier molecular flexibility index (Phi) is 4.50. The molecule has 0 aliphatic heterocycles. The van der Waals surface area contributed by atoms with E-state index in [2.05, 4.69) is 45.1 Å². The summed E-state index contributed by atoms with van der Waals surface area (Å²) in [6.45, 7) is 10.4. The lowest BCUT2D eigenvalue weighted by Gasteiger charge is -2.37. The maximum Gasteiger partial charge on any atom is 0.0302 e. The summed E-state index contributed by atoms with van der Waals surface area (Å²) in [5.41, 5.74) is 0.496. The van der Waals surface area contributed by atoms with E-state index >= 15 is 0 Å². The fourth-order valence-electron chi connectivity index (χ4n) is 2.99. The fourth-order valence-corrected chi connectivity index (χ4v) is 3.83. The van der Waals surface area contributed by atoms with E-state index in [9.17, 15) is 0 Å². The summed E-state index contributed by atoms with van der Waals surface area (Å²) in [7, 11) is 0. The Labute approximate surface area is 116 Å². The molecule has 1 heterocycles. The molecule has 0 spiro atoms. The van der Waals surface area contributed by atoms with Crippen molar-refractivity contribution in [3.63, 3.8) is 0 Å². The smallest absolute Gasteiger partial charge is 0.0302 e. The van der Waals surface area contributed by atoms with Gasteiger partial charge in [0, 0.05) is 22.3 Å². The van der Waals surface area contributed by atoms with Crippen LogP contribution in [0.4, 0.5) is 0 Å². The Morgan fingerprint density at radius 2 is 1.83 bits per heavy atom. The Bertz CT molecular complexity index is 367. The van der Waals surface area contributed by atoms with Gasteiger partial charge in [0.2, 0.25) is 0 Å². The van der Waals surface area contributed by atoms with Gasteiger partial charge < -0.3 is 5.32 Å². The van der Waals surface area contributed by atoms with E-state index in [-0.39, 0.29) is 0 Å². The van der Waals surface area contributed by atoms with Crippen LogP contribution in [0.2, 0.25) is 0 Å². The SMILES string of the molecule is Cc1ccc(CNC2CCC(C(C)(C)C)CC2)s1. The van der Waals surface area contributed by atoms with Crippen molar-refractivity contribution in [1.82, 2.24) is 5.32 Å². The van der Waals surface area contributed by atoms with Crippen LogP contribution in [-0.4, -0.2) is 6.04 Å². The first kappa shape index (κ1) is 14.1. The first-order valence-electron chi connectivity index (χ1n) is 7.24. The van der Waals surface area contributed by atoms with Crippen molar-refractivity contribution in [2.45, 2.75) is 66.0 Å². The molecule has 1 aliphatic carbocycles. The number of hydrogen-bond donors (Lipinski definition) is 1. The number of hydrogen-bond acceptors (Lipinski definition) is 2. The molecule has 0 atom stereocenters. The molecule has 0 saturated heterocycles. The van der Waals surface area contributed by atoms with E-state index in [0.29, 0.717) is 5.41 Å². The van der Waals surface area contributed by atoms with Crippen LogP contribution in [0.3, 0.4) is 0 Å². The van der Waals surface area contributed by atoms with Crippen molar-refractivity contribution in [2.24, 2.45) is 11.3 Å². The zero-order chi connectivity index (χ0) is 13.2. The van der Waals surface area contributed by atoms with Gasteiger partial charge in [0.15, 0.2) is 0 Å². The van der Waals surface area contributed by atoms with Gasteiger partial charge >= 0.3 is 0 Å². The summed E-state index contributed by atoms with van der Waals surface area (Å²) in [6.07, 6.45) is 5.49. The lowest BCUT2D eigenvalue weighted by atomic mass is 9.71. The van der Waals surface area contributed by atoms with Gasteiger partial charge in [-0.15, -0.1) is 11.3 Å². The summed E-state index contributed by atoms with van der Waals surface area (Å²) in [5.74, 6) is 0.916. The van der Waals surface area contributed by atoms with Crippen molar-refractivity contribution in [2.75, 3.05) is 0 Å². The van der Waals surface area contributed by atoms with Gasteiger partial charge in [0.05, 0.1) is 0 Å². The van der Waals surface area contributed by atoms with Gasteiger partial charge in [-0.1, -0.05) is 20.8 Å². The highest BCUT2D eigenvalue weighted by molar-refractivity contribution is 7.11. The lowest BCUT2D eigenvalue weighted by molar-refractivity contribution is 0.160. The van der Waals surface area contributed by atoms with E-state index in [1.165, 1.54) is 35.4 Å². The van der Waals surface area contributed by atoms with Crippen LogP contribution in [0.5, 0.6) is 0 Å². The Hall–Kier alpha value is -0.340. The summed E-state index contributed by atoms with van der Waals surface area (Å²) >= 11 is 1.92. The van der Waals surface area contributed by atoms with Crippen LogP contribution >= 0.6 is 11.3 Å². The average molecular weight is 265 g/mol. The Morgan fingerprint density at radius 3 is 2.33 bits per heavy atom. The molecule has 18 heavy (non-hydrogen) atoms. The van der Waals surface area contributed by atoms with Crippen LogP contribution in [0, 0.1) is 18.3 Å². The highest BCUT2D eigenvalue weighted by atomic mass is 32.1. The van der Waals surface area contributed by atoms with Crippen LogP contribution in [0.25, 0.3) is 0 Å². The number of rotatable bonds is 3. The number of aryl methyl sites for hydroxylation is 1. The third-order valence-corrected chi connectivity index (χ3v) is 5.31. The zero-order valence-electron chi connectivity index (χ0n) is 12.3. The van der Waals surface area contributed by atoms with Gasteiger partial charge in [0.1, 0.15) is 0 Å². The van der Waals surface area contributed by atoms with Crippen molar-refractivity contribution in [1.29, 1.82) is 0 Å². The second-order valence-corrected chi connectivity index (χ2v) is 8.18. The first-order valence-corrected chi connectivity index (χ1v) is 8.05. The van der Waals surface area contributed by atoms with E-state index in [1.807, 2.05) is 11.3 Å². The predicted molar refractivity (Wildman–Crippen MR) is 81.1 cm³/mol. The second kappa shape index (κ2) is 5.75. The monoisotopic (exact) mass is 265 g/mol. The zero-order valence-corrected chi connectivity index (χ0v) is 13.1. The molecule has 1 aliphatic rings. The molecule has 1 aromatic rings. The van der Waals surface area contributed by atoms with E-state index in [4.69, 9.17) is 0 Å². The van der Waals surface area contributed by atoms with Gasteiger partial charge in [-0.2, -0.15) is 0 Å². The molecule has 1 saturated carbocycles. The molecule has 1 N–H and O–H groups in total. The van der Waals surface area contributed by atoms with Crippen molar-refractivity contribution in [3.8, 4) is 0 Å². The predicted octanol–water partition coefficient (Wildman–Crippen LogP) is 4.75. The molecule has 1 nitrogen and oxygen atoms in total. The quantitative estimate of drug-likeness (QED) is 0.831. The molecule has 1 fully saturated rings. The standard InChI is InChI=1S/C16H27NS/c1-12-5-10-15(18-12)11-17-14-8-6-13(7-9-14)16(2,3)4/h5,10,13-14,17H,6-9,11H2,1-4H3. The van der Waals surface area contributed by atoms with Gasteiger partial charge in [0.25, 0.3) is 0 Å². The van der Waals surface area contributed by atoms with Crippen molar-refractivity contribution in [3.05, 3.63) is 21.9 Å². The van der Waals surface area contributed by atoms with E-state index < -0.39 is 0 Å². The molecule has 0 amide bonds. The van der Waals surface area contributed by atoms with Crippen LogP contribution in [-0.2, 0) is 6.54 Å². The van der Waals surface area contributed by atoms with Crippen molar-refractivity contribution < 1.29 is 0 Å². The summed E-state index contributed by atoms with van der Waals surface area (Å²) in [6, 6.07) is 5.22.